The van der Waals surface area contributed by atoms with Crippen molar-refractivity contribution in [2.75, 3.05) is 20.7 Å². The zero-order chi connectivity index (χ0) is 15.0. The second-order valence-electron chi connectivity index (χ2n) is 6.15. The van der Waals surface area contributed by atoms with Gasteiger partial charge in [0.25, 0.3) is 0 Å². The number of nitrogens with zero attached hydrogens (tertiary/aromatic N) is 1. The summed E-state index contributed by atoms with van der Waals surface area (Å²) in [5, 5.41) is 0. The number of methoxy groups -OCH3 is 1. The Balaban J connectivity index is 2.09. The van der Waals surface area contributed by atoms with Gasteiger partial charge < -0.3 is 4.74 Å². The molecule has 0 fully saturated rings. The van der Waals surface area contributed by atoms with E-state index in [9.17, 15) is 0 Å². The maximum atomic E-state index is 5.40. The molecule has 0 aromatic heterocycles. The Morgan fingerprint density at radius 2 is 1.76 bits per heavy atom. The van der Waals surface area contributed by atoms with Crippen LogP contribution in [0.4, 0.5) is 0 Å². The van der Waals surface area contributed by atoms with Crippen LogP contribution in [0.1, 0.15) is 41.1 Å². The van der Waals surface area contributed by atoms with E-state index in [1.54, 1.807) is 7.11 Å². The van der Waals surface area contributed by atoms with E-state index < -0.39 is 0 Å². The largest absolute Gasteiger partial charge is 0.497 e. The Hall–Kier alpha value is -1.80. The molecule has 2 aromatic rings. The molecule has 0 radical (unpaired) electrons. The zero-order valence-corrected chi connectivity index (χ0v) is 13.3. The van der Waals surface area contributed by atoms with E-state index in [0.29, 0.717) is 12.0 Å². The summed E-state index contributed by atoms with van der Waals surface area (Å²) in [4.78, 5) is 2.45. The van der Waals surface area contributed by atoms with Crippen LogP contribution in [0, 0.1) is 6.92 Å². The molecule has 0 bridgehead atoms. The number of rotatable bonds is 2. The van der Waals surface area contributed by atoms with Crippen LogP contribution >= 0.6 is 0 Å². The maximum absolute atomic E-state index is 5.40. The fraction of sp³-hybridized carbons (Fsp3) is 0.368. The normalized spacial score (nSPS) is 21.9. The Bertz CT molecular complexity index is 633. The minimum atomic E-state index is 0.336. The third kappa shape index (κ3) is 2.56. The Labute approximate surface area is 127 Å². The highest BCUT2D eigenvalue weighted by Crippen LogP contribution is 2.40. The van der Waals surface area contributed by atoms with Gasteiger partial charge in [0, 0.05) is 6.54 Å². The molecule has 0 N–H and O–H groups in total. The van der Waals surface area contributed by atoms with Gasteiger partial charge in [-0.05, 0) is 48.7 Å². The Kier molecular flexibility index (Phi) is 3.73. The molecule has 0 saturated carbocycles. The van der Waals surface area contributed by atoms with Gasteiger partial charge in [-0.1, -0.05) is 42.8 Å². The minimum Gasteiger partial charge on any atom is -0.497 e. The smallest absolute Gasteiger partial charge is 0.119 e. The van der Waals surface area contributed by atoms with Crippen LogP contribution < -0.4 is 4.74 Å². The molecule has 2 aromatic carbocycles. The molecule has 0 spiro atoms. The Morgan fingerprint density at radius 3 is 2.43 bits per heavy atom. The van der Waals surface area contributed by atoms with Gasteiger partial charge in [-0.3, -0.25) is 4.90 Å². The number of fused-ring (bicyclic) bond motifs is 1. The SMILES string of the molecule is COc1ccc2c(c1)C(C)CN(C)C2c1ccc(C)cc1. The van der Waals surface area contributed by atoms with Crippen molar-refractivity contribution in [3.05, 3.63) is 64.7 Å². The monoisotopic (exact) mass is 281 g/mol. The highest BCUT2D eigenvalue weighted by molar-refractivity contribution is 5.45. The Morgan fingerprint density at radius 1 is 1.05 bits per heavy atom. The summed E-state index contributed by atoms with van der Waals surface area (Å²) in [6.45, 7) is 5.49. The van der Waals surface area contributed by atoms with Crippen molar-refractivity contribution in [1.82, 2.24) is 4.90 Å². The number of benzene rings is 2. The highest BCUT2D eigenvalue weighted by atomic mass is 16.5. The van der Waals surface area contributed by atoms with E-state index in [-0.39, 0.29) is 0 Å². The van der Waals surface area contributed by atoms with Crippen LogP contribution in [-0.4, -0.2) is 25.6 Å². The second-order valence-corrected chi connectivity index (χ2v) is 6.15. The van der Waals surface area contributed by atoms with Crippen molar-refractivity contribution in [2.24, 2.45) is 0 Å². The molecule has 110 valence electrons. The van der Waals surface area contributed by atoms with E-state index in [4.69, 9.17) is 4.74 Å². The van der Waals surface area contributed by atoms with Gasteiger partial charge in [0.05, 0.1) is 13.2 Å². The number of hydrogen-bond donors (Lipinski definition) is 0. The van der Waals surface area contributed by atoms with E-state index in [2.05, 4.69) is 68.3 Å². The van der Waals surface area contributed by atoms with Crippen LogP contribution in [0.15, 0.2) is 42.5 Å². The average molecular weight is 281 g/mol. The third-order valence-electron chi connectivity index (χ3n) is 4.52. The molecule has 1 heterocycles. The summed E-state index contributed by atoms with van der Waals surface area (Å²) in [5.41, 5.74) is 5.49. The summed E-state index contributed by atoms with van der Waals surface area (Å²) in [5.74, 6) is 1.48. The van der Waals surface area contributed by atoms with E-state index >= 15 is 0 Å². The topological polar surface area (TPSA) is 12.5 Å². The summed E-state index contributed by atoms with van der Waals surface area (Å²) in [6.07, 6.45) is 0. The summed E-state index contributed by atoms with van der Waals surface area (Å²) in [7, 11) is 3.95. The first-order valence-corrected chi connectivity index (χ1v) is 7.55. The molecule has 0 saturated heterocycles. The highest BCUT2D eigenvalue weighted by Gasteiger charge is 2.30. The summed E-state index contributed by atoms with van der Waals surface area (Å²) >= 11 is 0. The van der Waals surface area contributed by atoms with Crippen LogP contribution in [-0.2, 0) is 0 Å². The minimum absolute atomic E-state index is 0.336. The molecule has 21 heavy (non-hydrogen) atoms. The van der Waals surface area contributed by atoms with Crippen LogP contribution in [0.2, 0.25) is 0 Å². The van der Waals surface area contributed by atoms with Gasteiger partial charge in [0.2, 0.25) is 0 Å². The lowest BCUT2D eigenvalue weighted by Gasteiger charge is -2.38. The molecule has 2 nitrogen and oxygen atoms in total. The van der Waals surface area contributed by atoms with Crippen molar-refractivity contribution < 1.29 is 4.74 Å². The van der Waals surface area contributed by atoms with Gasteiger partial charge in [0.15, 0.2) is 0 Å². The van der Waals surface area contributed by atoms with E-state index in [1.807, 2.05) is 0 Å². The molecule has 2 heteroatoms. The quantitative estimate of drug-likeness (QED) is 0.820. The molecular formula is C19H23NO. The molecule has 2 unspecified atom stereocenters. The summed E-state index contributed by atoms with van der Waals surface area (Å²) in [6, 6.07) is 15.7. The first-order chi connectivity index (χ1) is 10.1. The molecular weight excluding hydrogens is 258 g/mol. The zero-order valence-electron chi connectivity index (χ0n) is 13.3. The first-order valence-electron chi connectivity index (χ1n) is 7.55. The predicted octanol–water partition coefficient (Wildman–Crippen LogP) is 4.14. The lowest BCUT2D eigenvalue weighted by Crippen LogP contribution is -2.34. The fourth-order valence-corrected chi connectivity index (χ4v) is 3.41. The lowest BCUT2D eigenvalue weighted by atomic mass is 9.83. The van der Waals surface area contributed by atoms with E-state index in [1.165, 1.54) is 22.3 Å². The molecule has 2 atom stereocenters. The first kappa shape index (κ1) is 14.2. The van der Waals surface area contributed by atoms with Gasteiger partial charge >= 0.3 is 0 Å². The van der Waals surface area contributed by atoms with E-state index in [0.717, 1.165) is 12.3 Å². The van der Waals surface area contributed by atoms with Crippen molar-refractivity contribution in [3.8, 4) is 5.75 Å². The van der Waals surface area contributed by atoms with Crippen LogP contribution in [0.3, 0.4) is 0 Å². The molecule has 0 aliphatic carbocycles. The lowest BCUT2D eigenvalue weighted by molar-refractivity contribution is 0.244. The van der Waals surface area contributed by atoms with Gasteiger partial charge in [-0.25, -0.2) is 0 Å². The van der Waals surface area contributed by atoms with Gasteiger partial charge in [-0.2, -0.15) is 0 Å². The standard InChI is InChI=1S/C19H23NO/c1-13-5-7-15(8-6-13)19-17-10-9-16(21-4)11-18(17)14(2)12-20(19)3/h5-11,14,19H,12H2,1-4H3. The maximum Gasteiger partial charge on any atom is 0.119 e. The number of likely N-dealkylation sites (N-methyl/N-ethyl adjacent to an activating group) is 1. The summed E-state index contributed by atoms with van der Waals surface area (Å²) < 4.78 is 5.40. The van der Waals surface area contributed by atoms with Gasteiger partial charge in [0.1, 0.15) is 5.75 Å². The van der Waals surface area contributed by atoms with Crippen molar-refractivity contribution in [3.63, 3.8) is 0 Å². The molecule has 1 aliphatic heterocycles. The second kappa shape index (κ2) is 5.53. The van der Waals surface area contributed by atoms with Gasteiger partial charge in [-0.15, -0.1) is 0 Å². The number of aryl methyl sites for hydroxylation is 1. The van der Waals surface area contributed by atoms with Crippen molar-refractivity contribution >= 4 is 0 Å². The van der Waals surface area contributed by atoms with Crippen molar-refractivity contribution in [1.29, 1.82) is 0 Å². The number of ether oxygens (including phenoxy) is 1. The average Bonchev–Trinajstić information content (AvgIpc) is 2.49. The molecule has 1 aliphatic rings. The third-order valence-corrected chi connectivity index (χ3v) is 4.52. The fourth-order valence-electron chi connectivity index (χ4n) is 3.41. The van der Waals surface area contributed by atoms with Crippen LogP contribution in [0.5, 0.6) is 5.75 Å². The van der Waals surface area contributed by atoms with Crippen LogP contribution in [0.25, 0.3) is 0 Å². The van der Waals surface area contributed by atoms with Crippen molar-refractivity contribution in [2.45, 2.75) is 25.8 Å². The molecule has 0 amide bonds. The predicted molar refractivity (Wildman–Crippen MR) is 87.1 cm³/mol. The molecule has 3 rings (SSSR count). The number of hydrogen-bond acceptors (Lipinski definition) is 2.